The molecule has 0 spiro atoms. The fraction of sp³-hybridized carbons (Fsp3) is 0.625. The summed E-state index contributed by atoms with van der Waals surface area (Å²) in [6, 6.07) is 8.04. The molecule has 2 heteroatoms. The predicted molar refractivity (Wildman–Crippen MR) is 73.9 cm³/mol. The van der Waals surface area contributed by atoms with E-state index in [0.717, 1.165) is 12.2 Å². The van der Waals surface area contributed by atoms with E-state index in [0.29, 0.717) is 5.92 Å². The lowest BCUT2D eigenvalue weighted by atomic mass is 9.90. The van der Waals surface area contributed by atoms with E-state index in [2.05, 4.69) is 6.07 Å². The largest absolute Gasteiger partial charge is 0.497 e. The van der Waals surface area contributed by atoms with Crippen LogP contribution in [0.2, 0.25) is 0 Å². The molecule has 1 aliphatic carbocycles. The van der Waals surface area contributed by atoms with Crippen LogP contribution in [-0.2, 0) is 6.42 Å². The summed E-state index contributed by atoms with van der Waals surface area (Å²) in [5.41, 5.74) is 1.17. The van der Waals surface area contributed by atoms with Crippen LogP contribution in [0.25, 0.3) is 0 Å². The van der Waals surface area contributed by atoms with Gasteiger partial charge in [0, 0.05) is 0 Å². The molecule has 1 atom stereocenters. The molecule has 0 amide bonds. The molecular weight excluding hydrogens is 224 g/mol. The van der Waals surface area contributed by atoms with Gasteiger partial charge in [-0.2, -0.15) is 0 Å². The molecule has 0 aromatic heterocycles. The zero-order chi connectivity index (χ0) is 12.8. The topological polar surface area (TPSA) is 29.5 Å². The van der Waals surface area contributed by atoms with E-state index in [9.17, 15) is 5.11 Å². The van der Waals surface area contributed by atoms with Crippen molar-refractivity contribution in [2.75, 3.05) is 7.11 Å². The van der Waals surface area contributed by atoms with Gasteiger partial charge in [0.15, 0.2) is 0 Å². The van der Waals surface area contributed by atoms with Crippen molar-refractivity contribution in [3.05, 3.63) is 29.8 Å². The molecule has 100 valence electrons. The molecule has 1 unspecified atom stereocenters. The van der Waals surface area contributed by atoms with Gasteiger partial charge in [0.2, 0.25) is 0 Å². The molecule has 1 fully saturated rings. The van der Waals surface area contributed by atoms with E-state index in [4.69, 9.17) is 4.74 Å². The Morgan fingerprint density at radius 3 is 2.61 bits per heavy atom. The van der Waals surface area contributed by atoms with Crippen LogP contribution in [-0.4, -0.2) is 18.3 Å². The second-order valence-electron chi connectivity index (χ2n) is 5.37. The second kappa shape index (κ2) is 6.79. The number of rotatable bonds is 4. The number of aliphatic hydroxyl groups excluding tert-OH is 1. The van der Waals surface area contributed by atoms with Crippen LogP contribution in [0, 0.1) is 5.92 Å². The maximum atomic E-state index is 10.4. The Morgan fingerprint density at radius 1 is 1.22 bits per heavy atom. The van der Waals surface area contributed by atoms with Crippen molar-refractivity contribution >= 4 is 0 Å². The average Bonchev–Trinajstić information content (AvgIpc) is 2.68. The Bertz CT molecular complexity index is 354. The first-order valence-electron chi connectivity index (χ1n) is 7.10. The van der Waals surface area contributed by atoms with Crippen LogP contribution in [0.3, 0.4) is 0 Å². The molecule has 0 radical (unpaired) electrons. The van der Waals surface area contributed by atoms with E-state index in [1.165, 1.54) is 44.1 Å². The van der Waals surface area contributed by atoms with Crippen molar-refractivity contribution in [2.24, 2.45) is 5.92 Å². The number of benzene rings is 1. The first-order chi connectivity index (χ1) is 8.79. The lowest BCUT2D eigenvalue weighted by Crippen LogP contribution is -2.22. The monoisotopic (exact) mass is 248 g/mol. The van der Waals surface area contributed by atoms with Gasteiger partial charge in [-0.15, -0.1) is 0 Å². The van der Waals surface area contributed by atoms with Crippen molar-refractivity contribution in [3.8, 4) is 5.75 Å². The minimum absolute atomic E-state index is 0.199. The molecule has 2 rings (SSSR count). The zero-order valence-corrected chi connectivity index (χ0v) is 11.3. The first kappa shape index (κ1) is 13.4. The third-order valence-electron chi connectivity index (χ3n) is 4.02. The third kappa shape index (κ3) is 3.74. The number of hydrogen-bond donors (Lipinski definition) is 1. The molecule has 0 bridgehead atoms. The lowest BCUT2D eigenvalue weighted by molar-refractivity contribution is 0.0986. The van der Waals surface area contributed by atoms with Crippen molar-refractivity contribution in [3.63, 3.8) is 0 Å². The molecule has 1 aromatic carbocycles. The van der Waals surface area contributed by atoms with Gasteiger partial charge >= 0.3 is 0 Å². The minimum atomic E-state index is -0.199. The highest BCUT2D eigenvalue weighted by Crippen LogP contribution is 2.27. The highest BCUT2D eigenvalue weighted by molar-refractivity contribution is 5.28. The zero-order valence-electron chi connectivity index (χ0n) is 11.3. The van der Waals surface area contributed by atoms with E-state index in [1.807, 2.05) is 18.2 Å². The van der Waals surface area contributed by atoms with Gasteiger partial charge in [-0.1, -0.05) is 37.8 Å². The van der Waals surface area contributed by atoms with Gasteiger partial charge in [-0.05, 0) is 42.9 Å². The summed E-state index contributed by atoms with van der Waals surface area (Å²) < 4.78 is 5.22. The van der Waals surface area contributed by atoms with E-state index >= 15 is 0 Å². The van der Waals surface area contributed by atoms with Crippen LogP contribution >= 0.6 is 0 Å². The maximum absolute atomic E-state index is 10.4. The van der Waals surface area contributed by atoms with Gasteiger partial charge < -0.3 is 9.84 Å². The Kier molecular flexibility index (Phi) is 5.06. The maximum Gasteiger partial charge on any atom is 0.119 e. The highest BCUT2D eigenvalue weighted by atomic mass is 16.5. The minimum Gasteiger partial charge on any atom is -0.497 e. The molecule has 0 saturated heterocycles. The van der Waals surface area contributed by atoms with Gasteiger partial charge in [-0.25, -0.2) is 0 Å². The van der Waals surface area contributed by atoms with Gasteiger partial charge in [0.05, 0.1) is 13.2 Å². The molecule has 1 saturated carbocycles. The Labute approximate surface area is 110 Å². The fourth-order valence-corrected chi connectivity index (χ4v) is 2.90. The van der Waals surface area contributed by atoms with E-state index < -0.39 is 0 Å². The van der Waals surface area contributed by atoms with Gasteiger partial charge in [-0.3, -0.25) is 0 Å². The third-order valence-corrected chi connectivity index (χ3v) is 4.02. The second-order valence-corrected chi connectivity index (χ2v) is 5.37. The molecular formula is C16H24O2. The van der Waals surface area contributed by atoms with Crippen molar-refractivity contribution < 1.29 is 9.84 Å². The molecule has 1 N–H and O–H groups in total. The summed E-state index contributed by atoms with van der Waals surface area (Å²) in [4.78, 5) is 0. The molecule has 2 nitrogen and oxygen atoms in total. The fourth-order valence-electron chi connectivity index (χ4n) is 2.90. The SMILES string of the molecule is COc1cccc(CC(O)C2CCCCCC2)c1. The van der Waals surface area contributed by atoms with Gasteiger partial charge in [0.25, 0.3) is 0 Å². The molecule has 18 heavy (non-hydrogen) atoms. The first-order valence-corrected chi connectivity index (χ1v) is 7.10. The van der Waals surface area contributed by atoms with Crippen LogP contribution in [0.5, 0.6) is 5.75 Å². The summed E-state index contributed by atoms with van der Waals surface area (Å²) in [5.74, 6) is 1.36. The molecule has 1 aromatic rings. The quantitative estimate of drug-likeness (QED) is 0.825. The predicted octanol–water partition coefficient (Wildman–Crippen LogP) is 3.57. The van der Waals surface area contributed by atoms with E-state index in [1.54, 1.807) is 7.11 Å². The van der Waals surface area contributed by atoms with Gasteiger partial charge in [0.1, 0.15) is 5.75 Å². The molecule has 0 heterocycles. The number of hydrogen-bond acceptors (Lipinski definition) is 2. The Hall–Kier alpha value is -1.02. The van der Waals surface area contributed by atoms with Crippen molar-refractivity contribution in [1.82, 2.24) is 0 Å². The Balaban J connectivity index is 1.94. The van der Waals surface area contributed by atoms with Crippen LogP contribution in [0.15, 0.2) is 24.3 Å². The normalized spacial score (nSPS) is 19.2. The lowest BCUT2D eigenvalue weighted by Gasteiger charge is -2.21. The van der Waals surface area contributed by atoms with Crippen molar-refractivity contribution in [1.29, 1.82) is 0 Å². The van der Waals surface area contributed by atoms with Crippen LogP contribution in [0.1, 0.15) is 44.1 Å². The summed E-state index contributed by atoms with van der Waals surface area (Å²) in [7, 11) is 1.68. The number of aliphatic hydroxyl groups is 1. The van der Waals surface area contributed by atoms with Crippen LogP contribution in [0.4, 0.5) is 0 Å². The van der Waals surface area contributed by atoms with E-state index in [-0.39, 0.29) is 6.10 Å². The van der Waals surface area contributed by atoms with Crippen LogP contribution < -0.4 is 4.74 Å². The molecule has 0 aliphatic heterocycles. The number of ether oxygens (including phenoxy) is 1. The Morgan fingerprint density at radius 2 is 1.94 bits per heavy atom. The smallest absolute Gasteiger partial charge is 0.119 e. The summed E-state index contributed by atoms with van der Waals surface area (Å²) in [6.45, 7) is 0. The highest BCUT2D eigenvalue weighted by Gasteiger charge is 2.20. The standard InChI is InChI=1S/C16H24O2/c1-18-15-10-6-7-13(11-15)12-16(17)14-8-4-2-3-5-9-14/h6-7,10-11,14,16-17H,2-5,8-9,12H2,1H3. The molecule has 1 aliphatic rings. The summed E-state index contributed by atoms with van der Waals surface area (Å²) in [5, 5.41) is 10.4. The number of methoxy groups -OCH3 is 1. The average molecular weight is 248 g/mol. The summed E-state index contributed by atoms with van der Waals surface area (Å²) >= 11 is 0. The summed E-state index contributed by atoms with van der Waals surface area (Å²) in [6.07, 6.45) is 8.15. The van der Waals surface area contributed by atoms with Crippen molar-refractivity contribution in [2.45, 2.75) is 51.0 Å².